The lowest BCUT2D eigenvalue weighted by Gasteiger charge is -2.27. The number of carbonyl (C=O) groups is 3. The summed E-state index contributed by atoms with van der Waals surface area (Å²) >= 11 is 0. The van der Waals surface area contributed by atoms with Gasteiger partial charge in [0.1, 0.15) is 6.04 Å². The Balaban J connectivity index is 1.67. The highest BCUT2D eigenvalue weighted by Gasteiger charge is 2.46. The number of primary sulfonamides is 1. The van der Waals surface area contributed by atoms with Crippen molar-refractivity contribution in [2.75, 3.05) is 16.8 Å². The van der Waals surface area contributed by atoms with Crippen molar-refractivity contribution in [2.24, 2.45) is 5.14 Å². The first-order valence-electron chi connectivity index (χ1n) is 11.8. The van der Waals surface area contributed by atoms with Crippen LogP contribution in [-0.2, 0) is 40.9 Å². The highest BCUT2D eigenvalue weighted by atomic mass is 32.2. The molecule has 1 aliphatic heterocycles. The second-order valence-electron chi connectivity index (χ2n) is 8.88. The predicted molar refractivity (Wildman–Crippen MR) is 143 cm³/mol. The van der Waals surface area contributed by atoms with E-state index in [0.29, 0.717) is 16.9 Å². The van der Waals surface area contributed by atoms with Gasteiger partial charge in [0.2, 0.25) is 31.9 Å². The van der Waals surface area contributed by atoms with Crippen molar-refractivity contribution in [1.82, 2.24) is 4.31 Å². The molecule has 3 amide bonds. The van der Waals surface area contributed by atoms with Gasteiger partial charge in [0, 0.05) is 19.2 Å². The van der Waals surface area contributed by atoms with E-state index in [1.807, 2.05) is 0 Å². The minimum absolute atomic E-state index is 0.0925. The molecular weight excluding hydrogens is 544 g/mol. The number of nitrogens with one attached hydrogen (secondary N) is 1. The zero-order chi connectivity index (χ0) is 28.4. The molecule has 0 spiro atoms. The molecule has 0 aromatic heterocycles. The van der Waals surface area contributed by atoms with Crippen molar-refractivity contribution in [3.8, 4) is 0 Å². The Bertz CT molecular complexity index is 1610. The van der Waals surface area contributed by atoms with Gasteiger partial charge in [-0.3, -0.25) is 14.4 Å². The van der Waals surface area contributed by atoms with Crippen molar-refractivity contribution in [3.05, 3.63) is 84.4 Å². The van der Waals surface area contributed by atoms with Crippen LogP contribution in [0.2, 0.25) is 0 Å². The molecule has 3 N–H and O–H groups in total. The van der Waals surface area contributed by atoms with Gasteiger partial charge in [-0.2, -0.15) is 4.31 Å². The summed E-state index contributed by atoms with van der Waals surface area (Å²) in [6, 6.07) is 18.1. The lowest BCUT2D eigenvalue weighted by molar-refractivity contribution is -0.122. The maximum atomic E-state index is 13.8. The zero-order valence-electron chi connectivity index (χ0n) is 20.9. The van der Waals surface area contributed by atoms with Gasteiger partial charge in [0.05, 0.1) is 21.9 Å². The number of hydrogen-bond acceptors (Lipinski definition) is 7. The van der Waals surface area contributed by atoms with E-state index in [1.165, 1.54) is 55.5 Å². The minimum atomic E-state index is -4.29. The Morgan fingerprint density at radius 3 is 2.08 bits per heavy atom. The molecule has 3 aromatic rings. The molecule has 204 valence electrons. The van der Waals surface area contributed by atoms with Crippen LogP contribution >= 0.6 is 0 Å². The van der Waals surface area contributed by atoms with Crippen LogP contribution in [0.1, 0.15) is 18.9 Å². The average molecular weight is 571 g/mol. The molecule has 13 heteroatoms. The maximum Gasteiger partial charge on any atom is 0.252 e. The first-order chi connectivity index (χ1) is 18.4. The lowest BCUT2D eigenvalue weighted by Crippen LogP contribution is -2.46. The van der Waals surface area contributed by atoms with E-state index < -0.39 is 37.9 Å². The fraction of sp³-hybridized carbons (Fsp3) is 0.192. The van der Waals surface area contributed by atoms with E-state index in [-0.39, 0.29) is 35.1 Å². The van der Waals surface area contributed by atoms with Gasteiger partial charge in [-0.1, -0.05) is 30.3 Å². The van der Waals surface area contributed by atoms with Gasteiger partial charge < -0.3 is 5.32 Å². The molecule has 0 bridgehead atoms. The van der Waals surface area contributed by atoms with E-state index in [1.54, 1.807) is 30.3 Å². The summed E-state index contributed by atoms with van der Waals surface area (Å²) in [6.45, 7) is 1.15. The summed E-state index contributed by atoms with van der Waals surface area (Å²) in [6.07, 6.45) is -0.224. The third kappa shape index (κ3) is 6.23. The number of imide groups is 1. The van der Waals surface area contributed by atoms with Crippen LogP contribution in [0.3, 0.4) is 0 Å². The smallest absolute Gasteiger partial charge is 0.252 e. The first kappa shape index (κ1) is 28.1. The van der Waals surface area contributed by atoms with Crippen LogP contribution in [0.25, 0.3) is 0 Å². The number of amides is 3. The average Bonchev–Trinajstić information content (AvgIpc) is 3.17. The monoisotopic (exact) mass is 570 g/mol. The van der Waals surface area contributed by atoms with E-state index in [2.05, 4.69) is 5.32 Å². The Labute approximate surface area is 226 Å². The highest BCUT2D eigenvalue weighted by molar-refractivity contribution is 7.89. The number of anilines is 2. The second kappa shape index (κ2) is 11.1. The molecule has 0 aliphatic carbocycles. The highest BCUT2D eigenvalue weighted by Crippen LogP contribution is 2.30. The predicted octanol–water partition coefficient (Wildman–Crippen LogP) is 1.86. The molecule has 11 nitrogen and oxygen atoms in total. The van der Waals surface area contributed by atoms with E-state index in [0.717, 1.165) is 9.21 Å². The van der Waals surface area contributed by atoms with Crippen molar-refractivity contribution in [1.29, 1.82) is 0 Å². The number of sulfonamides is 2. The molecular formula is C26H26N4O7S2. The van der Waals surface area contributed by atoms with Gasteiger partial charge in [-0.15, -0.1) is 0 Å². The van der Waals surface area contributed by atoms with Gasteiger partial charge in [-0.25, -0.2) is 26.9 Å². The maximum absolute atomic E-state index is 13.8. The van der Waals surface area contributed by atoms with Gasteiger partial charge in [-0.05, 0) is 60.5 Å². The molecule has 1 heterocycles. The standard InChI is InChI=1S/C26H26N4O7S2/c1-18(31)28-20-9-13-23(14-10-20)39(36,37)29(16-15-19-7-11-22(12-8-19)38(27,34)35)24-17-25(32)30(26(24)33)21-5-3-2-4-6-21/h2-14,24H,15-17H2,1H3,(H,28,31)(H2,27,34,35). The first-order valence-corrected chi connectivity index (χ1v) is 14.8. The number of para-hydroxylation sites is 1. The van der Waals surface area contributed by atoms with Gasteiger partial charge >= 0.3 is 0 Å². The molecule has 1 saturated heterocycles. The number of rotatable bonds is 9. The second-order valence-corrected chi connectivity index (χ2v) is 12.3. The normalized spacial score (nSPS) is 16.1. The lowest BCUT2D eigenvalue weighted by atomic mass is 10.1. The summed E-state index contributed by atoms with van der Waals surface area (Å²) in [5.41, 5.74) is 1.33. The molecule has 1 aliphatic rings. The van der Waals surface area contributed by atoms with Crippen LogP contribution in [-0.4, -0.2) is 51.4 Å². The summed E-state index contributed by atoms with van der Waals surface area (Å²) in [5.74, 6) is -1.53. The Hall–Kier alpha value is -3.91. The number of carbonyl (C=O) groups excluding carboxylic acids is 3. The summed E-state index contributed by atoms with van der Waals surface area (Å²) < 4.78 is 51.8. The minimum Gasteiger partial charge on any atom is -0.326 e. The van der Waals surface area contributed by atoms with Gasteiger partial charge in [0.25, 0.3) is 5.91 Å². The number of hydrogen-bond donors (Lipinski definition) is 2. The van der Waals surface area contributed by atoms with Gasteiger partial charge in [0.15, 0.2) is 0 Å². The summed E-state index contributed by atoms with van der Waals surface area (Å²) in [5, 5.41) is 7.71. The van der Waals surface area contributed by atoms with E-state index >= 15 is 0 Å². The quantitative estimate of drug-likeness (QED) is 0.371. The SMILES string of the molecule is CC(=O)Nc1ccc(S(=O)(=O)N(CCc2ccc(S(N)(=O)=O)cc2)C2CC(=O)N(c3ccccc3)C2=O)cc1. The largest absolute Gasteiger partial charge is 0.326 e. The Morgan fingerprint density at radius 1 is 0.923 bits per heavy atom. The van der Waals surface area contributed by atoms with Crippen LogP contribution < -0.4 is 15.4 Å². The zero-order valence-corrected chi connectivity index (χ0v) is 22.5. The fourth-order valence-corrected chi connectivity index (χ4v) is 6.36. The molecule has 1 fully saturated rings. The molecule has 3 aromatic carbocycles. The van der Waals surface area contributed by atoms with E-state index in [4.69, 9.17) is 5.14 Å². The van der Waals surface area contributed by atoms with Crippen molar-refractivity contribution >= 4 is 49.1 Å². The van der Waals surface area contributed by atoms with Crippen molar-refractivity contribution in [2.45, 2.75) is 35.6 Å². The molecule has 1 unspecified atom stereocenters. The van der Waals surface area contributed by atoms with E-state index in [9.17, 15) is 31.2 Å². The summed E-state index contributed by atoms with van der Waals surface area (Å²) in [7, 11) is -8.19. The molecule has 4 rings (SSSR count). The number of benzene rings is 3. The van der Waals surface area contributed by atoms with Crippen LogP contribution in [0.15, 0.2) is 88.7 Å². The third-order valence-electron chi connectivity index (χ3n) is 6.14. The topological polar surface area (TPSA) is 164 Å². The molecule has 0 radical (unpaired) electrons. The third-order valence-corrected chi connectivity index (χ3v) is 8.99. The van der Waals surface area contributed by atoms with Crippen LogP contribution in [0, 0.1) is 0 Å². The number of nitrogens with zero attached hydrogens (tertiary/aromatic N) is 2. The van der Waals surface area contributed by atoms with Crippen molar-refractivity contribution < 1.29 is 31.2 Å². The van der Waals surface area contributed by atoms with Crippen LogP contribution in [0.5, 0.6) is 0 Å². The fourth-order valence-electron chi connectivity index (χ4n) is 4.27. The Morgan fingerprint density at radius 2 is 1.51 bits per heavy atom. The number of nitrogens with two attached hydrogens (primary N) is 1. The Kier molecular flexibility index (Phi) is 7.97. The van der Waals surface area contributed by atoms with Crippen LogP contribution in [0.4, 0.5) is 11.4 Å². The summed E-state index contributed by atoms with van der Waals surface area (Å²) in [4.78, 5) is 38.4. The van der Waals surface area contributed by atoms with Crippen molar-refractivity contribution in [3.63, 3.8) is 0 Å². The molecule has 0 saturated carbocycles. The molecule has 39 heavy (non-hydrogen) atoms. The molecule has 1 atom stereocenters.